The van der Waals surface area contributed by atoms with Crippen LogP contribution in [-0.4, -0.2) is 158 Å². The van der Waals surface area contributed by atoms with Crippen molar-refractivity contribution in [3.05, 3.63) is 0 Å². The van der Waals surface area contributed by atoms with Crippen LogP contribution in [-0.2, 0) is 33.2 Å². The Bertz CT molecular complexity index is 678. The second-order valence-corrected chi connectivity index (χ2v) is 8.09. The van der Waals surface area contributed by atoms with Crippen LogP contribution in [0.3, 0.4) is 0 Å². The SMILES string of the molecule is CO[C@@H]1OC(C(=O)O)[C@@H](O)[C@@H](O[C@@H]2O[C@@H](CO)C(O)[C@@H]2O)C1O[C@@H]1OC(CO)[C@H](O)[C@@H](O)C1O. The van der Waals surface area contributed by atoms with Crippen LogP contribution in [0.25, 0.3) is 0 Å². The van der Waals surface area contributed by atoms with Gasteiger partial charge in [0.2, 0.25) is 0 Å². The normalized spacial score (nSPS) is 49.8. The van der Waals surface area contributed by atoms with Crippen molar-refractivity contribution >= 4 is 5.97 Å². The molecule has 3 fully saturated rings. The van der Waals surface area contributed by atoms with E-state index >= 15 is 0 Å². The molecule has 198 valence electrons. The Morgan fingerprint density at radius 3 is 1.62 bits per heavy atom. The number of aliphatic hydroxyl groups excluding tert-OH is 8. The minimum absolute atomic E-state index is 0.683. The van der Waals surface area contributed by atoms with E-state index in [1.165, 1.54) is 0 Å². The first-order valence-corrected chi connectivity index (χ1v) is 10.4. The molecule has 9 N–H and O–H groups in total. The lowest BCUT2D eigenvalue weighted by molar-refractivity contribution is -0.374. The molecule has 0 saturated carbocycles. The number of aliphatic hydroxyl groups is 8. The van der Waals surface area contributed by atoms with E-state index in [1.807, 2.05) is 0 Å². The summed E-state index contributed by atoms with van der Waals surface area (Å²) in [5.41, 5.74) is 0. The maximum Gasteiger partial charge on any atom is 0.335 e. The van der Waals surface area contributed by atoms with Gasteiger partial charge in [-0.25, -0.2) is 4.79 Å². The summed E-state index contributed by atoms with van der Waals surface area (Å²) in [7, 11) is 1.11. The van der Waals surface area contributed by atoms with Crippen LogP contribution < -0.4 is 0 Å². The summed E-state index contributed by atoms with van der Waals surface area (Å²) in [6.45, 7) is -1.44. The predicted octanol–water partition coefficient (Wildman–Crippen LogP) is -6.19. The van der Waals surface area contributed by atoms with Gasteiger partial charge in [-0.2, -0.15) is 0 Å². The summed E-state index contributed by atoms with van der Waals surface area (Å²) in [4.78, 5) is 11.6. The fourth-order valence-corrected chi connectivity index (χ4v) is 3.98. The molecule has 3 rings (SSSR count). The maximum atomic E-state index is 11.6. The molecular formula is C18H30O16. The molecule has 0 radical (unpaired) electrons. The predicted molar refractivity (Wildman–Crippen MR) is 101 cm³/mol. The number of rotatable bonds is 8. The van der Waals surface area contributed by atoms with Crippen LogP contribution in [0.4, 0.5) is 0 Å². The fourth-order valence-electron chi connectivity index (χ4n) is 3.98. The van der Waals surface area contributed by atoms with Gasteiger partial charge in [0.25, 0.3) is 0 Å². The largest absolute Gasteiger partial charge is 0.479 e. The summed E-state index contributed by atoms with van der Waals surface area (Å²) >= 11 is 0. The van der Waals surface area contributed by atoms with Gasteiger partial charge in [-0.05, 0) is 0 Å². The van der Waals surface area contributed by atoms with Gasteiger partial charge in [-0.3, -0.25) is 0 Å². The molecule has 5 unspecified atom stereocenters. The minimum atomic E-state index is -1.97. The molecule has 0 aromatic rings. The topological polar surface area (TPSA) is 255 Å². The highest BCUT2D eigenvalue weighted by Crippen LogP contribution is 2.33. The zero-order valence-electron chi connectivity index (χ0n) is 17.9. The van der Waals surface area contributed by atoms with Gasteiger partial charge in [0, 0.05) is 7.11 Å². The zero-order chi connectivity index (χ0) is 25.3. The van der Waals surface area contributed by atoms with Gasteiger partial charge in [-0.15, -0.1) is 0 Å². The van der Waals surface area contributed by atoms with Crippen molar-refractivity contribution in [3.63, 3.8) is 0 Å². The molecule has 14 atom stereocenters. The highest BCUT2D eigenvalue weighted by Gasteiger charge is 2.55. The molecule has 0 spiro atoms. The number of hydrogen-bond acceptors (Lipinski definition) is 15. The molecule has 3 aliphatic rings. The summed E-state index contributed by atoms with van der Waals surface area (Å²) in [6, 6.07) is 0. The van der Waals surface area contributed by atoms with Gasteiger partial charge in [-0.1, -0.05) is 0 Å². The standard InChI is InChI=1S/C18H30O16/c1-29-18-14(34-17-10(25)8(23)6(21)4(2-19)30-17)12(11(26)13(33-18)15(27)28)32-16-9(24)7(22)5(3-20)31-16/h4-14,16-26H,2-3H2,1H3,(H,27,28)/t4?,5-,6-,7?,8+,9-,10?,11-,12+,13?,14?,16-,17-,18+/m0/s1. The van der Waals surface area contributed by atoms with E-state index in [0.29, 0.717) is 0 Å². The van der Waals surface area contributed by atoms with E-state index in [9.17, 15) is 50.8 Å². The summed E-state index contributed by atoms with van der Waals surface area (Å²) in [6.07, 6.45) is -23.4. The van der Waals surface area contributed by atoms with Gasteiger partial charge in [0.1, 0.15) is 61.0 Å². The van der Waals surface area contributed by atoms with Crippen molar-refractivity contribution in [1.29, 1.82) is 0 Å². The number of carbonyl (C=O) groups is 1. The van der Waals surface area contributed by atoms with E-state index in [-0.39, 0.29) is 0 Å². The van der Waals surface area contributed by atoms with Crippen molar-refractivity contribution in [2.24, 2.45) is 0 Å². The lowest BCUT2D eigenvalue weighted by Gasteiger charge is -2.46. The summed E-state index contributed by atoms with van der Waals surface area (Å²) < 4.78 is 32.0. The highest BCUT2D eigenvalue weighted by molar-refractivity contribution is 5.73. The Labute approximate surface area is 192 Å². The molecule has 0 aromatic carbocycles. The maximum absolute atomic E-state index is 11.6. The molecule has 34 heavy (non-hydrogen) atoms. The third-order valence-corrected chi connectivity index (χ3v) is 5.92. The lowest BCUT2D eigenvalue weighted by Crippen LogP contribution is -2.66. The molecule has 3 saturated heterocycles. The summed E-state index contributed by atoms with van der Waals surface area (Å²) in [5.74, 6) is -1.60. The first-order valence-electron chi connectivity index (χ1n) is 10.4. The second-order valence-electron chi connectivity index (χ2n) is 8.09. The second kappa shape index (κ2) is 11.3. The van der Waals surface area contributed by atoms with Crippen LogP contribution >= 0.6 is 0 Å². The van der Waals surface area contributed by atoms with Crippen molar-refractivity contribution < 1.29 is 79.2 Å². The number of carboxylic acids is 1. The molecule has 0 aromatic heterocycles. The number of methoxy groups -OCH3 is 1. The average molecular weight is 502 g/mol. The third-order valence-electron chi connectivity index (χ3n) is 5.92. The minimum Gasteiger partial charge on any atom is -0.479 e. The smallest absolute Gasteiger partial charge is 0.335 e. The van der Waals surface area contributed by atoms with E-state index in [4.69, 9.17) is 28.4 Å². The van der Waals surface area contributed by atoms with Crippen molar-refractivity contribution in [3.8, 4) is 0 Å². The van der Waals surface area contributed by atoms with E-state index in [1.54, 1.807) is 0 Å². The highest BCUT2D eigenvalue weighted by atomic mass is 16.8. The Morgan fingerprint density at radius 2 is 1.15 bits per heavy atom. The van der Waals surface area contributed by atoms with Gasteiger partial charge in [0.05, 0.1) is 13.2 Å². The van der Waals surface area contributed by atoms with Crippen molar-refractivity contribution in [2.45, 2.75) is 86.0 Å². The molecule has 0 aliphatic carbocycles. The Morgan fingerprint density at radius 1 is 0.676 bits per heavy atom. The monoisotopic (exact) mass is 502 g/mol. The quantitative estimate of drug-likeness (QED) is 0.150. The molecule has 3 heterocycles. The van der Waals surface area contributed by atoms with Gasteiger partial charge < -0.3 is 74.4 Å². The Balaban J connectivity index is 1.87. The van der Waals surface area contributed by atoms with E-state index in [0.717, 1.165) is 7.11 Å². The van der Waals surface area contributed by atoms with Crippen LogP contribution in [0.2, 0.25) is 0 Å². The van der Waals surface area contributed by atoms with Crippen LogP contribution in [0.15, 0.2) is 0 Å². The lowest BCUT2D eigenvalue weighted by atomic mass is 9.96. The summed E-state index contributed by atoms with van der Waals surface area (Å²) in [5, 5.41) is 89.1. The fraction of sp³-hybridized carbons (Fsp3) is 0.944. The number of ether oxygens (including phenoxy) is 6. The Kier molecular flexibility index (Phi) is 9.15. The van der Waals surface area contributed by atoms with Crippen LogP contribution in [0.5, 0.6) is 0 Å². The first kappa shape index (κ1) is 27.5. The zero-order valence-corrected chi connectivity index (χ0v) is 17.9. The number of hydrogen-bond donors (Lipinski definition) is 9. The molecule has 16 nitrogen and oxygen atoms in total. The number of aliphatic carboxylic acids is 1. The first-order chi connectivity index (χ1) is 16.0. The molecular weight excluding hydrogens is 472 g/mol. The molecule has 0 amide bonds. The molecule has 0 bridgehead atoms. The van der Waals surface area contributed by atoms with Crippen LogP contribution in [0, 0.1) is 0 Å². The molecule has 3 aliphatic heterocycles. The van der Waals surface area contributed by atoms with Crippen molar-refractivity contribution in [1.82, 2.24) is 0 Å². The Hall–Kier alpha value is -1.09. The number of carboxylic acid groups (broad SMARTS) is 1. The van der Waals surface area contributed by atoms with Crippen molar-refractivity contribution in [2.75, 3.05) is 20.3 Å². The van der Waals surface area contributed by atoms with Gasteiger partial charge >= 0.3 is 5.97 Å². The third kappa shape index (κ3) is 5.20. The van der Waals surface area contributed by atoms with E-state index < -0.39 is 105 Å². The van der Waals surface area contributed by atoms with Gasteiger partial charge in [0.15, 0.2) is 25.0 Å². The average Bonchev–Trinajstić information content (AvgIpc) is 3.09. The van der Waals surface area contributed by atoms with Crippen LogP contribution in [0.1, 0.15) is 0 Å². The molecule has 16 heteroatoms. The van der Waals surface area contributed by atoms with E-state index in [2.05, 4.69) is 0 Å².